The molecule has 1 amide bonds. The number of hydrogen-bond acceptors (Lipinski definition) is 5. The lowest BCUT2D eigenvalue weighted by Gasteiger charge is -2.32. The van der Waals surface area contributed by atoms with Crippen molar-refractivity contribution in [3.05, 3.63) is 101 Å². The van der Waals surface area contributed by atoms with Gasteiger partial charge in [-0.2, -0.15) is 5.10 Å². The highest BCUT2D eigenvalue weighted by molar-refractivity contribution is 5.80. The lowest BCUT2D eigenvalue weighted by Crippen LogP contribution is -2.42. The summed E-state index contributed by atoms with van der Waals surface area (Å²) in [5.74, 6) is 1.62. The maximum absolute atomic E-state index is 13.3. The van der Waals surface area contributed by atoms with Crippen molar-refractivity contribution < 1.29 is 4.79 Å². The number of nitrogens with one attached hydrogen (secondary N) is 1. The van der Waals surface area contributed by atoms with Gasteiger partial charge in [-0.3, -0.25) is 4.79 Å². The van der Waals surface area contributed by atoms with Gasteiger partial charge < -0.3 is 10.2 Å². The molecule has 178 valence electrons. The topological polar surface area (TPSA) is 75.9 Å². The van der Waals surface area contributed by atoms with Gasteiger partial charge in [-0.25, -0.2) is 4.68 Å². The molecular weight excluding hydrogens is 436 g/mol. The Balaban J connectivity index is 1.23. The number of benzene rings is 2. The number of anilines is 1. The van der Waals surface area contributed by atoms with Crippen molar-refractivity contribution in [2.75, 3.05) is 18.0 Å². The van der Waals surface area contributed by atoms with Crippen molar-refractivity contribution in [2.24, 2.45) is 5.92 Å². The highest BCUT2D eigenvalue weighted by Crippen LogP contribution is 2.26. The van der Waals surface area contributed by atoms with Gasteiger partial charge in [0.25, 0.3) is 0 Å². The molecule has 0 radical (unpaired) electrons. The van der Waals surface area contributed by atoms with Crippen LogP contribution in [0.2, 0.25) is 0 Å². The Bertz CT molecular complexity index is 1220. The molecular formula is C28H30N6O. The number of hydrogen-bond donors (Lipinski definition) is 1. The van der Waals surface area contributed by atoms with E-state index in [1.54, 1.807) is 4.68 Å². The molecule has 3 heterocycles. The molecule has 2 aromatic heterocycles. The van der Waals surface area contributed by atoms with E-state index in [4.69, 9.17) is 0 Å². The van der Waals surface area contributed by atoms with Crippen LogP contribution in [0.1, 0.15) is 41.4 Å². The molecule has 1 aliphatic heterocycles. The lowest BCUT2D eigenvalue weighted by molar-refractivity contribution is -0.126. The second-order valence-electron chi connectivity index (χ2n) is 9.11. The molecule has 0 unspecified atom stereocenters. The van der Waals surface area contributed by atoms with E-state index in [1.165, 1.54) is 0 Å². The molecule has 7 heteroatoms. The van der Waals surface area contributed by atoms with Crippen LogP contribution in [0, 0.1) is 19.8 Å². The normalized spacial score (nSPS) is 14.3. The number of rotatable bonds is 6. The van der Waals surface area contributed by atoms with Gasteiger partial charge in [0.15, 0.2) is 11.6 Å². The third kappa shape index (κ3) is 5.09. The minimum Gasteiger partial charge on any atom is -0.355 e. The zero-order valence-corrected chi connectivity index (χ0v) is 20.1. The van der Waals surface area contributed by atoms with E-state index in [-0.39, 0.29) is 17.9 Å². The highest BCUT2D eigenvalue weighted by Gasteiger charge is 2.28. The summed E-state index contributed by atoms with van der Waals surface area (Å²) in [6, 6.07) is 26.1. The summed E-state index contributed by atoms with van der Waals surface area (Å²) in [7, 11) is 0. The van der Waals surface area contributed by atoms with E-state index in [9.17, 15) is 4.79 Å². The van der Waals surface area contributed by atoms with Crippen molar-refractivity contribution in [3.8, 4) is 5.82 Å². The van der Waals surface area contributed by atoms with Crippen LogP contribution >= 0.6 is 0 Å². The van der Waals surface area contributed by atoms with Gasteiger partial charge in [0.2, 0.25) is 5.91 Å². The Kier molecular flexibility index (Phi) is 6.57. The average molecular weight is 467 g/mol. The molecule has 35 heavy (non-hydrogen) atoms. The highest BCUT2D eigenvalue weighted by atomic mass is 16.2. The fraction of sp³-hybridized carbons (Fsp3) is 0.286. The maximum Gasteiger partial charge on any atom is 0.223 e. The summed E-state index contributed by atoms with van der Waals surface area (Å²) < 4.78 is 1.80. The van der Waals surface area contributed by atoms with E-state index >= 15 is 0 Å². The van der Waals surface area contributed by atoms with Crippen LogP contribution in [0.4, 0.5) is 5.82 Å². The smallest absolute Gasteiger partial charge is 0.223 e. The van der Waals surface area contributed by atoms with Crippen LogP contribution in [-0.2, 0) is 4.79 Å². The lowest BCUT2D eigenvalue weighted by atomic mass is 9.93. The second kappa shape index (κ2) is 10.1. The number of aromatic nitrogens is 4. The summed E-state index contributed by atoms with van der Waals surface area (Å²) >= 11 is 0. The maximum atomic E-state index is 13.3. The largest absolute Gasteiger partial charge is 0.355 e. The predicted molar refractivity (Wildman–Crippen MR) is 136 cm³/mol. The molecule has 2 aromatic carbocycles. The Morgan fingerprint density at radius 2 is 1.43 bits per heavy atom. The Hall–Kier alpha value is -4.00. The first-order valence-electron chi connectivity index (χ1n) is 12.1. The third-order valence-electron chi connectivity index (χ3n) is 6.61. The Morgan fingerprint density at radius 1 is 0.857 bits per heavy atom. The predicted octanol–water partition coefficient (Wildman–Crippen LogP) is 4.40. The van der Waals surface area contributed by atoms with Gasteiger partial charge >= 0.3 is 0 Å². The zero-order chi connectivity index (χ0) is 24.2. The molecule has 5 rings (SSSR count). The Morgan fingerprint density at radius 3 is 1.94 bits per heavy atom. The number of carbonyl (C=O) groups excluding carboxylic acids is 1. The standard InChI is InChI=1S/C28H30N6O/c1-20-19-21(2)34(32-20)26-14-13-25(30-31-26)33-17-15-24(16-18-33)28(35)29-27(22-9-5-3-6-10-22)23-11-7-4-8-12-23/h3-14,19,24,27H,15-18H2,1-2H3,(H,29,35). The van der Waals surface area contributed by atoms with E-state index in [1.807, 2.05) is 68.4 Å². The summed E-state index contributed by atoms with van der Waals surface area (Å²) in [6.45, 7) is 5.51. The number of aryl methyl sites for hydroxylation is 2. The molecule has 1 saturated heterocycles. The van der Waals surface area contributed by atoms with Crippen LogP contribution in [0.25, 0.3) is 5.82 Å². The first-order chi connectivity index (χ1) is 17.1. The molecule has 0 bridgehead atoms. The minimum atomic E-state index is -0.157. The SMILES string of the molecule is Cc1cc(C)n(-c2ccc(N3CCC(C(=O)NC(c4ccccc4)c4ccccc4)CC3)nn2)n1. The summed E-state index contributed by atoms with van der Waals surface area (Å²) in [5, 5.41) is 16.6. The molecule has 1 aliphatic rings. The van der Waals surface area contributed by atoms with Crippen molar-refractivity contribution >= 4 is 11.7 Å². The van der Waals surface area contributed by atoms with E-state index in [2.05, 4.69) is 49.8 Å². The molecule has 0 aliphatic carbocycles. The Labute approximate surface area is 205 Å². The molecule has 1 N–H and O–H groups in total. The van der Waals surface area contributed by atoms with E-state index in [0.717, 1.165) is 54.3 Å². The van der Waals surface area contributed by atoms with Crippen LogP contribution in [0.5, 0.6) is 0 Å². The van der Waals surface area contributed by atoms with Crippen molar-refractivity contribution in [2.45, 2.75) is 32.7 Å². The monoisotopic (exact) mass is 466 g/mol. The number of nitrogens with zero attached hydrogens (tertiary/aromatic N) is 5. The number of amides is 1. The molecule has 0 atom stereocenters. The van der Waals surface area contributed by atoms with Crippen molar-refractivity contribution in [1.29, 1.82) is 0 Å². The summed E-state index contributed by atoms with van der Waals surface area (Å²) in [5.41, 5.74) is 4.15. The molecule has 0 spiro atoms. The molecule has 1 fully saturated rings. The van der Waals surface area contributed by atoms with Crippen molar-refractivity contribution in [1.82, 2.24) is 25.3 Å². The zero-order valence-electron chi connectivity index (χ0n) is 20.1. The van der Waals surface area contributed by atoms with Gasteiger partial charge in [0.1, 0.15) is 0 Å². The van der Waals surface area contributed by atoms with Gasteiger partial charge in [-0.15, -0.1) is 10.2 Å². The number of carbonyl (C=O) groups is 1. The van der Waals surface area contributed by atoms with E-state index < -0.39 is 0 Å². The van der Waals surface area contributed by atoms with E-state index in [0.29, 0.717) is 5.82 Å². The average Bonchev–Trinajstić information content (AvgIpc) is 3.26. The van der Waals surface area contributed by atoms with Crippen LogP contribution in [0.3, 0.4) is 0 Å². The van der Waals surface area contributed by atoms with Gasteiger partial charge in [0.05, 0.1) is 11.7 Å². The quantitative estimate of drug-likeness (QED) is 0.456. The number of piperidine rings is 1. The fourth-order valence-electron chi connectivity index (χ4n) is 4.74. The first-order valence-corrected chi connectivity index (χ1v) is 12.1. The second-order valence-corrected chi connectivity index (χ2v) is 9.11. The molecule has 4 aromatic rings. The summed E-state index contributed by atoms with van der Waals surface area (Å²) in [6.07, 6.45) is 1.56. The van der Waals surface area contributed by atoms with Crippen LogP contribution in [0.15, 0.2) is 78.9 Å². The first kappa shape index (κ1) is 22.8. The third-order valence-corrected chi connectivity index (χ3v) is 6.61. The van der Waals surface area contributed by atoms with Crippen LogP contribution < -0.4 is 10.2 Å². The van der Waals surface area contributed by atoms with Gasteiger partial charge in [-0.05, 0) is 56.0 Å². The van der Waals surface area contributed by atoms with Gasteiger partial charge in [0, 0.05) is 24.7 Å². The fourth-order valence-corrected chi connectivity index (χ4v) is 4.74. The summed E-state index contributed by atoms with van der Waals surface area (Å²) in [4.78, 5) is 15.5. The minimum absolute atomic E-state index is 0.0249. The molecule has 0 saturated carbocycles. The van der Waals surface area contributed by atoms with Crippen molar-refractivity contribution in [3.63, 3.8) is 0 Å². The van der Waals surface area contributed by atoms with Crippen LogP contribution in [-0.4, -0.2) is 39.0 Å². The van der Waals surface area contributed by atoms with Gasteiger partial charge in [-0.1, -0.05) is 60.7 Å². The molecule has 7 nitrogen and oxygen atoms in total.